The molecule has 0 spiro atoms. The predicted molar refractivity (Wildman–Crippen MR) is 104 cm³/mol. The fourth-order valence-electron chi connectivity index (χ4n) is 3.42. The Morgan fingerprint density at radius 1 is 1.12 bits per heavy atom. The first kappa shape index (κ1) is 22.5. The number of carbonyl (C=O) groups is 3. The van der Waals surface area contributed by atoms with E-state index in [-0.39, 0.29) is 17.7 Å². The second kappa shape index (κ2) is 10.5. The van der Waals surface area contributed by atoms with Crippen LogP contribution in [0.4, 0.5) is 0 Å². The van der Waals surface area contributed by atoms with E-state index in [1.54, 1.807) is 19.0 Å². The Bertz CT molecular complexity index is 489. The molecule has 1 aliphatic rings. The normalized spacial score (nSPS) is 18.3. The van der Waals surface area contributed by atoms with Gasteiger partial charge in [-0.25, -0.2) is 0 Å². The summed E-state index contributed by atoms with van der Waals surface area (Å²) in [6, 6.07) is -0.970. The molecular formula is C20H37N3O3. The van der Waals surface area contributed by atoms with Crippen molar-refractivity contribution in [2.45, 2.75) is 78.3 Å². The molecule has 0 aromatic carbocycles. The molecule has 2 atom stereocenters. The molecule has 0 aliphatic carbocycles. The van der Waals surface area contributed by atoms with Crippen molar-refractivity contribution in [3.8, 4) is 0 Å². The Labute approximate surface area is 158 Å². The van der Waals surface area contributed by atoms with Crippen molar-refractivity contribution >= 4 is 17.7 Å². The van der Waals surface area contributed by atoms with Crippen LogP contribution >= 0.6 is 0 Å². The summed E-state index contributed by atoms with van der Waals surface area (Å²) < 4.78 is 0. The summed E-state index contributed by atoms with van der Waals surface area (Å²) in [4.78, 5) is 40.9. The minimum Gasteiger partial charge on any atom is -0.347 e. The summed E-state index contributed by atoms with van der Waals surface area (Å²) in [5, 5.41) is 2.91. The van der Waals surface area contributed by atoms with E-state index in [4.69, 9.17) is 0 Å². The smallest absolute Gasteiger partial charge is 0.244 e. The lowest BCUT2D eigenvalue weighted by atomic mass is 10.0. The van der Waals surface area contributed by atoms with Gasteiger partial charge in [0.15, 0.2) is 0 Å². The largest absolute Gasteiger partial charge is 0.347 e. The van der Waals surface area contributed by atoms with Crippen LogP contribution in [0.1, 0.15) is 66.2 Å². The van der Waals surface area contributed by atoms with Gasteiger partial charge >= 0.3 is 0 Å². The number of likely N-dealkylation sites (N-methyl/N-ethyl adjacent to an activating group) is 1. The van der Waals surface area contributed by atoms with Crippen LogP contribution in [-0.4, -0.2) is 60.2 Å². The first-order chi connectivity index (χ1) is 12.1. The summed E-state index contributed by atoms with van der Waals surface area (Å²) in [7, 11) is 3.39. The molecule has 150 valence electrons. The Balaban J connectivity index is 2.70. The first-order valence-electron chi connectivity index (χ1n) is 9.94. The molecule has 0 bridgehead atoms. The van der Waals surface area contributed by atoms with Crippen molar-refractivity contribution in [2.24, 2.45) is 11.8 Å². The third-order valence-electron chi connectivity index (χ3n) is 4.81. The van der Waals surface area contributed by atoms with Crippen molar-refractivity contribution in [3.63, 3.8) is 0 Å². The van der Waals surface area contributed by atoms with E-state index in [9.17, 15) is 14.4 Å². The average molecular weight is 368 g/mol. The molecule has 3 amide bonds. The minimum absolute atomic E-state index is 0.0580. The number of amides is 3. The second-order valence-corrected chi connectivity index (χ2v) is 8.45. The van der Waals surface area contributed by atoms with Crippen LogP contribution < -0.4 is 5.32 Å². The molecule has 1 N–H and O–H groups in total. The van der Waals surface area contributed by atoms with Gasteiger partial charge in [-0.15, -0.1) is 0 Å². The molecule has 6 heteroatoms. The quantitative estimate of drug-likeness (QED) is 0.680. The number of carbonyl (C=O) groups excluding carboxylic acids is 3. The van der Waals surface area contributed by atoms with Gasteiger partial charge in [0, 0.05) is 27.1 Å². The highest BCUT2D eigenvalue weighted by atomic mass is 16.2. The molecule has 0 saturated carbocycles. The molecule has 1 rings (SSSR count). The van der Waals surface area contributed by atoms with Gasteiger partial charge in [-0.1, -0.05) is 34.1 Å². The van der Waals surface area contributed by atoms with Crippen LogP contribution in [0.5, 0.6) is 0 Å². The monoisotopic (exact) mass is 367 g/mol. The third-order valence-corrected chi connectivity index (χ3v) is 4.81. The lowest BCUT2D eigenvalue weighted by Crippen LogP contribution is -2.53. The molecule has 1 unspecified atom stereocenters. The summed E-state index contributed by atoms with van der Waals surface area (Å²) in [5.41, 5.74) is 0. The third kappa shape index (κ3) is 6.96. The number of hydrogen-bond donors (Lipinski definition) is 1. The SMILES string of the molecule is CC(C)CCCC(=O)N1CCCC1C(=O)N[C@@H](CC(C)C)C(=O)N(C)C. The highest BCUT2D eigenvalue weighted by molar-refractivity contribution is 5.92. The zero-order valence-electron chi connectivity index (χ0n) is 17.4. The lowest BCUT2D eigenvalue weighted by Gasteiger charge is -2.28. The van der Waals surface area contributed by atoms with Crippen molar-refractivity contribution in [1.82, 2.24) is 15.1 Å². The fourth-order valence-corrected chi connectivity index (χ4v) is 3.42. The van der Waals surface area contributed by atoms with E-state index in [0.717, 1.165) is 19.3 Å². The highest BCUT2D eigenvalue weighted by Crippen LogP contribution is 2.20. The van der Waals surface area contributed by atoms with Crippen LogP contribution in [0.3, 0.4) is 0 Å². The van der Waals surface area contributed by atoms with Gasteiger partial charge in [0.25, 0.3) is 0 Å². The topological polar surface area (TPSA) is 69.7 Å². The molecule has 0 aromatic heterocycles. The van der Waals surface area contributed by atoms with Gasteiger partial charge in [-0.2, -0.15) is 0 Å². The first-order valence-corrected chi connectivity index (χ1v) is 9.94. The molecular weight excluding hydrogens is 330 g/mol. The molecule has 0 aromatic rings. The molecule has 1 aliphatic heterocycles. The zero-order chi connectivity index (χ0) is 19.9. The second-order valence-electron chi connectivity index (χ2n) is 8.45. The number of rotatable bonds is 9. The standard InChI is InChI=1S/C20H37N3O3/c1-14(2)9-7-11-18(24)23-12-8-10-17(23)19(25)21-16(13-15(3)4)20(26)22(5)6/h14-17H,7-13H2,1-6H3,(H,21,25)/t16-,17?/m0/s1. The zero-order valence-corrected chi connectivity index (χ0v) is 17.4. The number of hydrogen-bond acceptors (Lipinski definition) is 3. The van der Waals surface area contributed by atoms with Gasteiger partial charge in [0.1, 0.15) is 12.1 Å². The maximum absolute atomic E-state index is 12.8. The van der Waals surface area contributed by atoms with Crippen molar-refractivity contribution in [2.75, 3.05) is 20.6 Å². The highest BCUT2D eigenvalue weighted by Gasteiger charge is 2.35. The van der Waals surface area contributed by atoms with E-state index in [1.807, 2.05) is 13.8 Å². The Kier molecular flexibility index (Phi) is 9.09. The Hall–Kier alpha value is -1.59. The van der Waals surface area contributed by atoms with Crippen molar-refractivity contribution in [1.29, 1.82) is 0 Å². The predicted octanol–water partition coefficient (Wildman–Crippen LogP) is 2.42. The van der Waals surface area contributed by atoms with Crippen LogP contribution in [0, 0.1) is 11.8 Å². The van der Waals surface area contributed by atoms with Crippen LogP contribution in [0.15, 0.2) is 0 Å². The Morgan fingerprint density at radius 2 is 1.77 bits per heavy atom. The number of nitrogens with one attached hydrogen (secondary N) is 1. The molecule has 1 saturated heterocycles. The molecule has 26 heavy (non-hydrogen) atoms. The summed E-state index contributed by atoms with van der Waals surface area (Å²) in [6.07, 6.45) is 4.48. The summed E-state index contributed by atoms with van der Waals surface area (Å²) in [6.45, 7) is 8.99. The van der Waals surface area contributed by atoms with Gasteiger partial charge in [-0.05, 0) is 37.5 Å². The average Bonchev–Trinajstić information content (AvgIpc) is 3.02. The Morgan fingerprint density at radius 3 is 2.31 bits per heavy atom. The lowest BCUT2D eigenvalue weighted by molar-refractivity contribution is -0.140. The van der Waals surface area contributed by atoms with E-state index in [1.165, 1.54) is 4.90 Å². The summed E-state index contributed by atoms with van der Waals surface area (Å²) >= 11 is 0. The molecule has 6 nitrogen and oxygen atoms in total. The minimum atomic E-state index is -0.531. The number of nitrogens with zero attached hydrogens (tertiary/aromatic N) is 2. The molecule has 1 heterocycles. The van der Waals surface area contributed by atoms with Crippen LogP contribution in [0.2, 0.25) is 0 Å². The fraction of sp³-hybridized carbons (Fsp3) is 0.850. The van der Waals surface area contributed by atoms with Gasteiger partial charge in [0.2, 0.25) is 17.7 Å². The van der Waals surface area contributed by atoms with Crippen LogP contribution in [-0.2, 0) is 14.4 Å². The van der Waals surface area contributed by atoms with E-state index in [2.05, 4.69) is 19.2 Å². The van der Waals surface area contributed by atoms with E-state index in [0.29, 0.717) is 37.6 Å². The van der Waals surface area contributed by atoms with Gasteiger partial charge < -0.3 is 15.1 Å². The number of likely N-dealkylation sites (tertiary alicyclic amines) is 1. The van der Waals surface area contributed by atoms with E-state index >= 15 is 0 Å². The van der Waals surface area contributed by atoms with E-state index < -0.39 is 12.1 Å². The molecule has 0 radical (unpaired) electrons. The maximum Gasteiger partial charge on any atom is 0.244 e. The maximum atomic E-state index is 12.8. The summed E-state index contributed by atoms with van der Waals surface area (Å²) in [5.74, 6) is 0.638. The van der Waals surface area contributed by atoms with Gasteiger partial charge in [0.05, 0.1) is 0 Å². The van der Waals surface area contributed by atoms with Gasteiger partial charge in [-0.3, -0.25) is 14.4 Å². The van der Waals surface area contributed by atoms with Crippen molar-refractivity contribution in [3.05, 3.63) is 0 Å². The molecule has 1 fully saturated rings. The van der Waals surface area contributed by atoms with Crippen LogP contribution in [0.25, 0.3) is 0 Å². The van der Waals surface area contributed by atoms with Crippen molar-refractivity contribution < 1.29 is 14.4 Å².